The zero-order chi connectivity index (χ0) is 11.3. The largest absolute Gasteiger partial charge is 0.364 e. The van der Waals surface area contributed by atoms with E-state index in [0.717, 1.165) is 5.69 Å². The Bertz CT molecular complexity index is 398. The lowest BCUT2D eigenvalue weighted by Crippen LogP contribution is -2.30. The normalized spacial score (nSPS) is 10.0. The smallest absolute Gasteiger partial charge is 0.256 e. The minimum atomic E-state index is -0.357. The Morgan fingerprint density at radius 1 is 1.60 bits per heavy atom. The molecule has 5 nitrogen and oxygen atoms in total. The summed E-state index contributed by atoms with van der Waals surface area (Å²) < 4.78 is 0. The second-order valence-electron chi connectivity index (χ2n) is 3.29. The number of hydrogen-bond acceptors (Lipinski definition) is 3. The molecule has 0 aliphatic rings. The van der Waals surface area contributed by atoms with Gasteiger partial charge in [0, 0.05) is 24.5 Å². The molecule has 0 aliphatic carbocycles. The average molecular weight is 209 g/mol. The van der Waals surface area contributed by atoms with Gasteiger partial charge in [-0.2, -0.15) is 0 Å². The third-order valence-corrected chi connectivity index (χ3v) is 1.97. The monoisotopic (exact) mass is 209 g/mol. The van der Waals surface area contributed by atoms with Crippen LogP contribution in [-0.4, -0.2) is 24.0 Å². The fourth-order valence-corrected chi connectivity index (χ4v) is 1.15. The third-order valence-electron chi connectivity index (χ3n) is 1.97. The summed E-state index contributed by atoms with van der Waals surface area (Å²) in [5.74, 6) is -0.357. The molecule has 1 rings (SSSR count). The van der Waals surface area contributed by atoms with Crippen molar-refractivity contribution in [1.29, 1.82) is 0 Å². The minimum Gasteiger partial charge on any atom is -0.364 e. The highest BCUT2D eigenvalue weighted by atomic mass is 16.2. The standard InChI is InChI=1S/C10H15N3O2/c1-7-5-9(14)8(6-13-7)10(15)12-4-2-3-11/h5-6H,2-4,11H2,1H3,(H,12,15)(H,13,14). The van der Waals surface area contributed by atoms with Crippen LogP contribution in [0.1, 0.15) is 22.5 Å². The molecule has 82 valence electrons. The topological polar surface area (TPSA) is 88.0 Å². The first kappa shape index (κ1) is 11.5. The van der Waals surface area contributed by atoms with Gasteiger partial charge in [-0.1, -0.05) is 0 Å². The fourth-order valence-electron chi connectivity index (χ4n) is 1.15. The van der Waals surface area contributed by atoms with Crippen molar-refractivity contribution < 1.29 is 4.79 Å². The number of carbonyl (C=O) groups is 1. The Labute approximate surface area is 87.7 Å². The zero-order valence-electron chi connectivity index (χ0n) is 8.67. The molecule has 1 heterocycles. The summed E-state index contributed by atoms with van der Waals surface area (Å²) in [7, 11) is 0. The molecule has 0 spiro atoms. The first-order chi connectivity index (χ1) is 7.15. The van der Waals surface area contributed by atoms with E-state index >= 15 is 0 Å². The molecule has 0 bridgehead atoms. The Balaban J connectivity index is 2.70. The summed E-state index contributed by atoms with van der Waals surface area (Å²) in [5, 5.41) is 2.62. The fraction of sp³-hybridized carbons (Fsp3) is 0.400. The first-order valence-electron chi connectivity index (χ1n) is 4.82. The van der Waals surface area contributed by atoms with Crippen molar-refractivity contribution in [3.8, 4) is 0 Å². The summed E-state index contributed by atoms with van der Waals surface area (Å²) in [6, 6.07) is 1.40. The van der Waals surface area contributed by atoms with Crippen molar-refractivity contribution in [3.05, 3.63) is 33.7 Å². The number of carbonyl (C=O) groups excluding carboxylic acids is 1. The number of aryl methyl sites for hydroxylation is 1. The Morgan fingerprint density at radius 2 is 2.33 bits per heavy atom. The number of nitrogens with one attached hydrogen (secondary N) is 2. The quantitative estimate of drug-likeness (QED) is 0.598. The van der Waals surface area contributed by atoms with Crippen LogP contribution in [0.5, 0.6) is 0 Å². The van der Waals surface area contributed by atoms with Crippen LogP contribution in [0, 0.1) is 6.92 Å². The van der Waals surface area contributed by atoms with Gasteiger partial charge in [0.05, 0.1) is 0 Å². The van der Waals surface area contributed by atoms with Gasteiger partial charge in [0.1, 0.15) is 5.56 Å². The number of aromatic amines is 1. The lowest BCUT2D eigenvalue weighted by atomic mass is 10.2. The van der Waals surface area contributed by atoms with Gasteiger partial charge < -0.3 is 16.0 Å². The molecule has 0 saturated carbocycles. The van der Waals surface area contributed by atoms with E-state index in [0.29, 0.717) is 19.5 Å². The highest BCUT2D eigenvalue weighted by molar-refractivity contribution is 5.93. The van der Waals surface area contributed by atoms with Gasteiger partial charge in [-0.25, -0.2) is 0 Å². The van der Waals surface area contributed by atoms with Gasteiger partial charge >= 0.3 is 0 Å². The molecule has 1 amide bonds. The molecule has 0 unspecified atom stereocenters. The number of pyridine rings is 1. The number of H-pyrrole nitrogens is 1. The van der Waals surface area contributed by atoms with Crippen molar-refractivity contribution in [3.63, 3.8) is 0 Å². The summed E-state index contributed by atoms with van der Waals surface area (Å²) >= 11 is 0. The number of rotatable bonds is 4. The second kappa shape index (κ2) is 5.31. The SMILES string of the molecule is Cc1cc(=O)c(C(=O)NCCCN)c[nH]1. The molecule has 0 aliphatic heterocycles. The number of hydrogen-bond donors (Lipinski definition) is 3. The van der Waals surface area contributed by atoms with Crippen LogP contribution < -0.4 is 16.5 Å². The van der Waals surface area contributed by atoms with Crippen molar-refractivity contribution in [2.45, 2.75) is 13.3 Å². The zero-order valence-corrected chi connectivity index (χ0v) is 8.67. The van der Waals surface area contributed by atoms with Crippen molar-refractivity contribution in [1.82, 2.24) is 10.3 Å². The van der Waals surface area contributed by atoms with E-state index in [1.165, 1.54) is 12.3 Å². The van der Waals surface area contributed by atoms with Crippen LogP contribution in [0.3, 0.4) is 0 Å². The predicted octanol–water partition coefficient (Wildman–Crippen LogP) is -0.238. The molecule has 0 fully saturated rings. The van der Waals surface area contributed by atoms with E-state index in [1.54, 1.807) is 6.92 Å². The van der Waals surface area contributed by atoms with Gasteiger partial charge in [-0.3, -0.25) is 9.59 Å². The molecule has 0 radical (unpaired) electrons. The average Bonchev–Trinajstić information content (AvgIpc) is 2.17. The molecule has 15 heavy (non-hydrogen) atoms. The molecule has 1 aromatic heterocycles. The summed E-state index contributed by atoms with van der Waals surface area (Å²) in [4.78, 5) is 25.7. The van der Waals surface area contributed by atoms with Crippen LogP contribution in [-0.2, 0) is 0 Å². The lowest BCUT2D eigenvalue weighted by molar-refractivity contribution is 0.0952. The van der Waals surface area contributed by atoms with E-state index in [4.69, 9.17) is 5.73 Å². The van der Waals surface area contributed by atoms with E-state index in [9.17, 15) is 9.59 Å². The van der Waals surface area contributed by atoms with Gasteiger partial charge in [0.2, 0.25) is 0 Å². The van der Waals surface area contributed by atoms with Crippen LogP contribution >= 0.6 is 0 Å². The minimum absolute atomic E-state index is 0.137. The third kappa shape index (κ3) is 3.21. The highest BCUT2D eigenvalue weighted by Gasteiger charge is 2.08. The predicted molar refractivity (Wildman–Crippen MR) is 57.8 cm³/mol. The lowest BCUT2D eigenvalue weighted by Gasteiger charge is -2.03. The van der Waals surface area contributed by atoms with Crippen molar-refractivity contribution in [2.24, 2.45) is 5.73 Å². The number of amides is 1. The second-order valence-corrected chi connectivity index (χ2v) is 3.29. The van der Waals surface area contributed by atoms with Crippen molar-refractivity contribution in [2.75, 3.05) is 13.1 Å². The number of aromatic nitrogens is 1. The molecule has 0 saturated heterocycles. The summed E-state index contributed by atoms with van der Waals surface area (Å²) in [5.41, 5.74) is 5.89. The maximum atomic E-state index is 11.5. The van der Waals surface area contributed by atoms with Gasteiger partial charge in [0.15, 0.2) is 5.43 Å². The number of nitrogens with two attached hydrogens (primary N) is 1. The Kier molecular flexibility index (Phi) is 4.05. The molecule has 0 aromatic carbocycles. The van der Waals surface area contributed by atoms with Crippen LogP contribution in [0.15, 0.2) is 17.1 Å². The Morgan fingerprint density at radius 3 is 2.93 bits per heavy atom. The molecule has 4 N–H and O–H groups in total. The summed E-state index contributed by atoms with van der Waals surface area (Å²) in [6.07, 6.45) is 2.13. The molecule has 0 atom stereocenters. The molecular formula is C10H15N3O2. The van der Waals surface area contributed by atoms with Gasteiger partial charge in [0.25, 0.3) is 5.91 Å². The molecule has 1 aromatic rings. The summed E-state index contributed by atoms with van der Waals surface area (Å²) in [6.45, 7) is 2.77. The van der Waals surface area contributed by atoms with E-state index in [-0.39, 0.29) is 16.9 Å². The molecule has 5 heteroatoms. The van der Waals surface area contributed by atoms with E-state index in [2.05, 4.69) is 10.3 Å². The molecular weight excluding hydrogens is 194 g/mol. The first-order valence-corrected chi connectivity index (χ1v) is 4.82. The van der Waals surface area contributed by atoms with Gasteiger partial charge in [-0.05, 0) is 19.9 Å². The van der Waals surface area contributed by atoms with Crippen LogP contribution in [0.2, 0.25) is 0 Å². The maximum absolute atomic E-state index is 11.5. The van der Waals surface area contributed by atoms with Crippen LogP contribution in [0.4, 0.5) is 0 Å². The van der Waals surface area contributed by atoms with Crippen molar-refractivity contribution >= 4 is 5.91 Å². The Hall–Kier alpha value is -1.62. The van der Waals surface area contributed by atoms with Crippen LogP contribution in [0.25, 0.3) is 0 Å². The van der Waals surface area contributed by atoms with E-state index < -0.39 is 0 Å². The van der Waals surface area contributed by atoms with E-state index in [1.807, 2.05) is 0 Å². The van der Waals surface area contributed by atoms with Gasteiger partial charge in [-0.15, -0.1) is 0 Å². The maximum Gasteiger partial charge on any atom is 0.256 e. The highest BCUT2D eigenvalue weighted by Crippen LogP contribution is 1.91.